The first-order valence-corrected chi connectivity index (χ1v) is 6.73. The molecule has 0 heterocycles. The van der Waals surface area contributed by atoms with E-state index in [9.17, 15) is 0 Å². The Labute approximate surface area is 115 Å². The fraction of sp³-hybridized carbons (Fsp3) is 0.294. The summed E-state index contributed by atoms with van der Waals surface area (Å²) in [7, 11) is 4.11. The zero-order valence-corrected chi connectivity index (χ0v) is 11.7. The highest BCUT2D eigenvalue weighted by molar-refractivity contribution is 5.46. The maximum atomic E-state index is 6.21. The molecule has 0 aliphatic carbocycles. The number of benzene rings is 2. The van der Waals surface area contributed by atoms with Crippen LogP contribution in [0.25, 0.3) is 0 Å². The lowest BCUT2D eigenvalue weighted by atomic mass is 10.00. The number of nitrogens with zero attached hydrogens (tertiary/aromatic N) is 1. The highest BCUT2D eigenvalue weighted by atomic mass is 15.1. The van der Waals surface area contributed by atoms with Gasteiger partial charge in [0.2, 0.25) is 0 Å². The van der Waals surface area contributed by atoms with Gasteiger partial charge in [0, 0.05) is 25.8 Å². The van der Waals surface area contributed by atoms with Crippen molar-refractivity contribution in [3.8, 4) is 0 Å². The predicted molar refractivity (Wildman–Crippen MR) is 82.5 cm³/mol. The van der Waals surface area contributed by atoms with Crippen LogP contribution in [0.3, 0.4) is 0 Å². The minimum Gasteiger partial charge on any atom is -0.378 e. The van der Waals surface area contributed by atoms with Gasteiger partial charge in [-0.05, 0) is 36.1 Å². The van der Waals surface area contributed by atoms with Crippen molar-refractivity contribution >= 4 is 5.69 Å². The smallest absolute Gasteiger partial charge is 0.0361 e. The zero-order valence-electron chi connectivity index (χ0n) is 11.7. The first kappa shape index (κ1) is 13.6. The van der Waals surface area contributed by atoms with E-state index in [1.54, 1.807) is 0 Å². The Kier molecular flexibility index (Phi) is 4.58. The average Bonchev–Trinajstić information content (AvgIpc) is 2.46. The van der Waals surface area contributed by atoms with Crippen molar-refractivity contribution in [2.24, 2.45) is 5.73 Å². The van der Waals surface area contributed by atoms with Crippen molar-refractivity contribution in [3.63, 3.8) is 0 Å². The number of rotatable bonds is 5. The summed E-state index contributed by atoms with van der Waals surface area (Å²) in [6.07, 6.45) is 2.00. The molecule has 0 amide bonds. The Hall–Kier alpha value is -1.80. The summed E-state index contributed by atoms with van der Waals surface area (Å²) in [5.74, 6) is 0. The number of hydrogen-bond acceptors (Lipinski definition) is 2. The summed E-state index contributed by atoms with van der Waals surface area (Å²) in [4.78, 5) is 2.11. The van der Waals surface area contributed by atoms with Crippen LogP contribution in [0.2, 0.25) is 0 Å². The quantitative estimate of drug-likeness (QED) is 0.886. The Bertz CT molecular complexity index is 488. The highest BCUT2D eigenvalue weighted by Crippen LogP contribution is 2.18. The van der Waals surface area contributed by atoms with E-state index < -0.39 is 0 Å². The molecule has 0 saturated carbocycles. The Morgan fingerprint density at radius 2 is 1.58 bits per heavy atom. The molecule has 0 radical (unpaired) electrons. The third-order valence-electron chi connectivity index (χ3n) is 3.42. The Balaban J connectivity index is 1.92. The second-order valence-electron chi connectivity index (χ2n) is 5.12. The molecule has 2 rings (SSSR count). The fourth-order valence-electron chi connectivity index (χ4n) is 2.15. The molecule has 0 saturated heterocycles. The minimum atomic E-state index is 0.120. The van der Waals surface area contributed by atoms with Crippen LogP contribution in [0.1, 0.15) is 23.6 Å². The van der Waals surface area contributed by atoms with Crippen LogP contribution >= 0.6 is 0 Å². The molecular weight excluding hydrogens is 232 g/mol. The van der Waals surface area contributed by atoms with Crippen LogP contribution in [-0.4, -0.2) is 14.1 Å². The molecule has 0 spiro atoms. The summed E-state index contributed by atoms with van der Waals surface area (Å²) >= 11 is 0. The molecule has 2 N–H and O–H groups in total. The molecule has 0 aliphatic heterocycles. The fourth-order valence-corrected chi connectivity index (χ4v) is 2.15. The van der Waals surface area contributed by atoms with Crippen LogP contribution in [0.5, 0.6) is 0 Å². The van der Waals surface area contributed by atoms with Crippen LogP contribution in [0, 0.1) is 0 Å². The van der Waals surface area contributed by atoms with E-state index in [2.05, 4.69) is 55.4 Å². The van der Waals surface area contributed by atoms with E-state index in [0.29, 0.717) is 0 Å². The van der Waals surface area contributed by atoms with E-state index in [-0.39, 0.29) is 6.04 Å². The van der Waals surface area contributed by atoms with Crippen molar-refractivity contribution in [1.29, 1.82) is 0 Å². The summed E-state index contributed by atoms with van der Waals surface area (Å²) in [5.41, 5.74) is 10.0. The molecule has 2 heteroatoms. The molecule has 2 nitrogen and oxygen atoms in total. The van der Waals surface area contributed by atoms with Gasteiger partial charge in [0.1, 0.15) is 0 Å². The van der Waals surface area contributed by atoms with Crippen LogP contribution in [0.4, 0.5) is 5.69 Å². The second-order valence-corrected chi connectivity index (χ2v) is 5.12. The van der Waals surface area contributed by atoms with Gasteiger partial charge in [-0.3, -0.25) is 0 Å². The SMILES string of the molecule is CN(C)c1ccc(CCC(N)c2ccccc2)cc1. The number of hydrogen-bond donors (Lipinski definition) is 1. The first-order chi connectivity index (χ1) is 9.16. The molecule has 1 unspecified atom stereocenters. The zero-order chi connectivity index (χ0) is 13.7. The first-order valence-electron chi connectivity index (χ1n) is 6.73. The third-order valence-corrected chi connectivity index (χ3v) is 3.42. The maximum Gasteiger partial charge on any atom is 0.0361 e. The van der Waals surface area contributed by atoms with Crippen molar-refractivity contribution in [1.82, 2.24) is 0 Å². The molecule has 2 aromatic rings. The van der Waals surface area contributed by atoms with Gasteiger partial charge in [-0.2, -0.15) is 0 Å². The Morgan fingerprint density at radius 1 is 0.947 bits per heavy atom. The predicted octanol–water partition coefficient (Wildman–Crippen LogP) is 3.39. The van der Waals surface area contributed by atoms with Crippen molar-refractivity contribution < 1.29 is 0 Å². The van der Waals surface area contributed by atoms with Crippen LogP contribution < -0.4 is 10.6 Å². The number of anilines is 1. The molecule has 0 aliphatic rings. The maximum absolute atomic E-state index is 6.21. The Morgan fingerprint density at radius 3 is 2.16 bits per heavy atom. The monoisotopic (exact) mass is 254 g/mol. The van der Waals surface area contributed by atoms with Gasteiger partial charge in [0.15, 0.2) is 0 Å². The van der Waals surface area contributed by atoms with Crippen LogP contribution in [-0.2, 0) is 6.42 Å². The van der Waals surface area contributed by atoms with E-state index in [1.165, 1.54) is 16.8 Å². The van der Waals surface area contributed by atoms with Gasteiger partial charge in [-0.15, -0.1) is 0 Å². The molecule has 100 valence electrons. The lowest BCUT2D eigenvalue weighted by Crippen LogP contribution is -2.11. The van der Waals surface area contributed by atoms with E-state index in [4.69, 9.17) is 5.73 Å². The molecule has 0 bridgehead atoms. The van der Waals surface area contributed by atoms with Gasteiger partial charge in [0.25, 0.3) is 0 Å². The molecule has 1 atom stereocenters. The average molecular weight is 254 g/mol. The van der Waals surface area contributed by atoms with Gasteiger partial charge in [-0.1, -0.05) is 42.5 Å². The normalized spacial score (nSPS) is 12.2. The van der Waals surface area contributed by atoms with E-state index in [0.717, 1.165) is 12.8 Å². The van der Waals surface area contributed by atoms with Crippen molar-refractivity contribution in [3.05, 3.63) is 65.7 Å². The van der Waals surface area contributed by atoms with Crippen molar-refractivity contribution in [2.75, 3.05) is 19.0 Å². The summed E-state index contributed by atoms with van der Waals surface area (Å²) in [5, 5.41) is 0. The minimum absolute atomic E-state index is 0.120. The van der Waals surface area contributed by atoms with Gasteiger partial charge < -0.3 is 10.6 Å². The number of nitrogens with two attached hydrogens (primary N) is 1. The lowest BCUT2D eigenvalue weighted by molar-refractivity contribution is 0.651. The molecule has 0 aromatic heterocycles. The highest BCUT2D eigenvalue weighted by Gasteiger charge is 2.05. The molecule has 0 fully saturated rings. The van der Waals surface area contributed by atoms with Gasteiger partial charge >= 0.3 is 0 Å². The third kappa shape index (κ3) is 3.83. The molecular formula is C17H22N2. The van der Waals surface area contributed by atoms with E-state index in [1.807, 2.05) is 18.2 Å². The van der Waals surface area contributed by atoms with Gasteiger partial charge in [0.05, 0.1) is 0 Å². The molecule has 2 aromatic carbocycles. The van der Waals surface area contributed by atoms with Gasteiger partial charge in [-0.25, -0.2) is 0 Å². The lowest BCUT2D eigenvalue weighted by Gasteiger charge is -2.14. The standard InChI is InChI=1S/C17H22N2/c1-19(2)16-11-8-14(9-12-16)10-13-17(18)15-6-4-3-5-7-15/h3-9,11-12,17H,10,13,18H2,1-2H3. The number of aryl methyl sites for hydroxylation is 1. The topological polar surface area (TPSA) is 29.3 Å². The second kappa shape index (κ2) is 6.39. The van der Waals surface area contributed by atoms with Crippen molar-refractivity contribution in [2.45, 2.75) is 18.9 Å². The summed E-state index contributed by atoms with van der Waals surface area (Å²) in [6, 6.07) is 19.1. The van der Waals surface area contributed by atoms with E-state index >= 15 is 0 Å². The summed E-state index contributed by atoms with van der Waals surface area (Å²) in [6.45, 7) is 0. The largest absolute Gasteiger partial charge is 0.378 e. The molecule has 19 heavy (non-hydrogen) atoms. The summed E-state index contributed by atoms with van der Waals surface area (Å²) < 4.78 is 0. The van der Waals surface area contributed by atoms with Crippen LogP contribution in [0.15, 0.2) is 54.6 Å².